The summed E-state index contributed by atoms with van der Waals surface area (Å²) in [6.45, 7) is 0.149. The van der Waals surface area contributed by atoms with E-state index in [1.807, 2.05) is 0 Å². The van der Waals surface area contributed by atoms with Crippen LogP contribution in [0.15, 0.2) is 18.3 Å². The first-order chi connectivity index (χ1) is 8.15. The lowest BCUT2D eigenvalue weighted by Gasteiger charge is -2.06. The number of carboxylic acid groups (broad SMARTS) is 1. The molecule has 1 aromatic heterocycles. The number of hydrogen-bond acceptors (Lipinski definition) is 4. The molecule has 6 heteroatoms. The summed E-state index contributed by atoms with van der Waals surface area (Å²) in [5.41, 5.74) is 0.123. The van der Waals surface area contributed by atoms with Crippen molar-refractivity contribution in [2.45, 2.75) is 18.9 Å². The van der Waals surface area contributed by atoms with E-state index in [1.165, 1.54) is 18.3 Å². The monoisotopic (exact) mass is 235 g/mol. The van der Waals surface area contributed by atoms with Crippen LogP contribution in [-0.2, 0) is 4.79 Å². The molecule has 17 heavy (non-hydrogen) atoms. The van der Waals surface area contributed by atoms with Crippen LogP contribution < -0.4 is 10.6 Å². The van der Waals surface area contributed by atoms with E-state index >= 15 is 0 Å². The number of rotatable bonds is 5. The lowest BCUT2D eigenvalue weighted by atomic mass is 10.3. The van der Waals surface area contributed by atoms with E-state index in [1.54, 1.807) is 0 Å². The molecule has 3 N–H and O–H groups in total. The zero-order valence-corrected chi connectivity index (χ0v) is 9.14. The Hall–Kier alpha value is -2.11. The number of nitrogens with zero attached hydrogens (tertiary/aromatic N) is 1. The fourth-order valence-electron chi connectivity index (χ4n) is 1.30. The molecule has 1 fully saturated rings. The first-order valence-electron chi connectivity index (χ1n) is 5.38. The molecule has 1 heterocycles. The van der Waals surface area contributed by atoms with Crippen LogP contribution in [0.3, 0.4) is 0 Å². The number of aromatic nitrogens is 1. The van der Waals surface area contributed by atoms with E-state index in [0.29, 0.717) is 11.9 Å². The third-order valence-electron chi connectivity index (χ3n) is 2.38. The van der Waals surface area contributed by atoms with Gasteiger partial charge in [0.05, 0.1) is 12.1 Å². The normalized spacial score (nSPS) is 14.1. The van der Waals surface area contributed by atoms with Gasteiger partial charge in [0.15, 0.2) is 0 Å². The quantitative estimate of drug-likeness (QED) is 0.690. The fourth-order valence-corrected chi connectivity index (χ4v) is 1.30. The molecule has 1 aliphatic rings. The van der Waals surface area contributed by atoms with Crippen LogP contribution in [0.4, 0.5) is 5.82 Å². The van der Waals surface area contributed by atoms with Crippen molar-refractivity contribution in [2.75, 3.05) is 11.9 Å². The molecule has 0 unspecified atom stereocenters. The van der Waals surface area contributed by atoms with Crippen LogP contribution >= 0.6 is 0 Å². The number of aromatic carboxylic acids is 1. The molecule has 1 aliphatic carbocycles. The van der Waals surface area contributed by atoms with Crippen LogP contribution in [0, 0.1) is 0 Å². The molecule has 1 saturated carbocycles. The maximum Gasteiger partial charge on any atom is 0.337 e. The van der Waals surface area contributed by atoms with Crippen LogP contribution in [-0.4, -0.2) is 34.6 Å². The van der Waals surface area contributed by atoms with Crippen molar-refractivity contribution in [3.8, 4) is 0 Å². The molecule has 0 saturated heterocycles. The topological polar surface area (TPSA) is 91.3 Å². The molecule has 0 aromatic carbocycles. The Balaban J connectivity index is 1.81. The second kappa shape index (κ2) is 4.82. The van der Waals surface area contributed by atoms with Crippen LogP contribution in [0.25, 0.3) is 0 Å². The Bertz CT molecular complexity index is 426. The van der Waals surface area contributed by atoms with Gasteiger partial charge in [0, 0.05) is 12.2 Å². The van der Waals surface area contributed by atoms with Crippen LogP contribution in [0.1, 0.15) is 23.2 Å². The van der Waals surface area contributed by atoms with Gasteiger partial charge in [-0.25, -0.2) is 9.78 Å². The highest BCUT2D eigenvalue weighted by Crippen LogP contribution is 2.18. The molecule has 0 spiro atoms. The van der Waals surface area contributed by atoms with Gasteiger partial charge in [0.25, 0.3) is 0 Å². The summed E-state index contributed by atoms with van der Waals surface area (Å²) in [5, 5.41) is 14.3. The smallest absolute Gasteiger partial charge is 0.337 e. The molecule has 6 nitrogen and oxygen atoms in total. The van der Waals surface area contributed by atoms with Gasteiger partial charge >= 0.3 is 5.97 Å². The van der Waals surface area contributed by atoms with Crippen molar-refractivity contribution in [1.29, 1.82) is 0 Å². The minimum atomic E-state index is -1.02. The van der Waals surface area contributed by atoms with Gasteiger partial charge in [-0.2, -0.15) is 0 Å². The average Bonchev–Trinajstić information content (AvgIpc) is 3.11. The van der Waals surface area contributed by atoms with Crippen molar-refractivity contribution in [1.82, 2.24) is 10.3 Å². The standard InChI is InChI=1S/C11H13N3O3/c15-10(14-8-2-3-8)6-13-9-4-1-7(5-12-9)11(16)17/h1,4-5,8H,2-3,6H2,(H,12,13)(H,14,15)(H,16,17). The zero-order valence-electron chi connectivity index (χ0n) is 9.14. The number of carbonyl (C=O) groups excluding carboxylic acids is 1. The Morgan fingerprint density at radius 3 is 2.71 bits per heavy atom. The molecular formula is C11H13N3O3. The van der Waals surface area contributed by atoms with Gasteiger partial charge in [0.2, 0.25) is 5.91 Å². The zero-order chi connectivity index (χ0) is 12.3. The van der Waals surface area contributed by atoms with Crippen LogP contribution in [0.2, 0.25) is 0 Å². The van der Waals surface area contributed by atoms with Gasteiger partial charge in [0.1, 0.15) is 5.82 Å². The first-order valence-corrected chi connectivity index (χ1v) is 5.38. The molecule has 1 amide bonds. The Labute approximate surface area is 98.1 Å². The summed E-state index contributed by atoms with van der Waals surface area (Å²) < 4.78 is 0. The predicted octanol–water partition coefficient (Wildman–Crippen LogP) is 0.470. The van der Waals surface area contributed by atoms with Crippen molar-refractivity contribution in [3.63, 3.8) is 0 Å². The second-order valence-corrected chi connectivity index (χ2v) is 3.93. The van der Waals surface area contributed by atoms with Crippen LogP contribution in [0.5, 0.6) is 0 Å². The lowest BCUT2D eigenvalue weighted by molar-refractivity contribution is -0.119. The number of pyridine rings is 1. The SMILES string of the molecule is O=C(CNc1ccc(C(=O)O)cn1)NC1CC1. The summed E-state index contributed by atoms with van der Waals surface area (Å²) in [4.78, 5) is 25.8. The molecule has 2 rings (SSSR count). The lowest BCUT2D eigenvalue weighted by Crippen LogP contribution is -2.31. The molecular weight excluding hydrogens is 222 g/mol. The Kier molecular flexibility index (Phi) is 3.22. The average molecular weight is 235 g/mol. The Morgan fingerprint density at radius 2 is 2.18 bits per heavy atom. The van der Waals surface area contributed by atoms with Crippen molar-refractivity contribution < 1.29 is 14.7 Å². The second-order valence-electron chi connectivity index (χ2n) is 3.93. The van der Waals surface area contributed by atoms with E-state index in [4.69, 9.17) is 5.11 Å². The van der Waals surface area contributed by atoms with Gasteiger partial charge in [-0.15, -0.1) is 0 Å². The van der Waals surface area contributed by atoms with Gasteiger partial charge in [-0.05, 0) is 25.0 Å². The number of carbonyl (C=O) groups is 2. The van der Waals surface area contributed by atoms with Gasteiger partial charge in [-0.1, -0.05) is 0 Å². The van der Waals surface area contributed by atoms with Crippen molar-refractivity contribution in [2.24, 2.45) is 0 Å². The highest BCUT2D eigenvalue weighted by molar-refractivity contribution is 5.87. The summed E-state index contributed by atoms with van der Waals surface area (Å²) in [7, 11) is 0. The third kappa shape index (κ3) is 3.44. The molecule has 90 valence electrons. The molecule has 0 atom stereocenters. The number of hydrogen-bond donors (Lipinski definition) is 3. The third-order valence-corrected chi connectivity index (χ3v) is 2.38. The van der Waals surface area contributed by atoms with E-state index in [0.717, 1.165) is 12.8 Å². The van der Waals surface area contributed by atoms with Gasteiger partial charge in [-0.3, -0.25) is 4.79 Å². The largest absolute Gasteiger partial charge is 0.478 e. The fraction of sp³-hybridized carbons (Fsp3) is 0.364. The highest BCUT2D eigenvalue weighted by Gasteiger charge is 2.22. The minimum absolute atomic E-state index is 0.0726. The maximum absolute atomic E-state index is 11.3. The molecule has 0 aliphatic heterocycles. The summed E-state index contributed by atoms with van der Waals surface area (Å²) in [5.74, 6) is -0.604. The van der Waals surface area contributed by atoms with E-state index in [-0.39, 0.29) is 18.0 Å². The maximum atomic E-state index is 11.3. The Morgan fingerprint density at radius 1 is 1.41 bits per heavy atom. The summed E-state index contributed by atoms with van der Waals surface area (Å²) in [6.07, 6.45) is 3.36. The minimum Gasteiger partial charge on any atom is -0.478 e. The molecule has 1 aromatic rings. The van der Waals surface area contributed by atoms with Crippen molar-refractivity contribution in [3.05, 3.63) is 23.9 Å². The highest BCUT2D eigenvalue weighted by atomic mass is 16.4. The number of nitrogens with one attached hydrogen (secondary N) is 2. The van der Waals surface area contributed by atoms with Crippen molar-refractivity contribution >= 4 is 17.7 Å². The molecule has 0 bridgehead atoms. The summed E-state index contributed by atoms with van der Waals surface area (Å²) in [6, 6.07) is 3.32. The van der Waals surface area contributed by atoms with E-state index in [2.05, 4.69) is 15.6 Å². The number of carboxylic acids is 1. The van der Waals surface area contributed by atoms with E-state index in [9.17, 15) is 9.59 Å². The first kappa shape index (κ1) is 11.4. The van der Waals surface area contributed by atoms with E-state index < -0.39 is 5.97 Å². The molecule has 0 radical (unpaired) electrons. The number of anilines is 1. The van der Waals surface area contributed by atoms with Gasteiger partial charge < -0.3 is 15.7 Å². The predicted molar refractivity (Wildman–Crippen MR) is 60.9 cm³/mol. The number of amides is 1. The summed E-state index contributed by atoms with van der Waals surface area (Å²) >= 11 is 0.